The Morgan fingerprint density at radius 1 is 1.46 bits per heavy atom. The summed E-state index contributed by atoms with van der Waals surface area (Å²) in [6.07, 6.45) is 5.86. The van der Waals surface area contributed by atoms with E-state index < -0.39 is 0 Å². The first-order valence-corrected chi connectivity index (χ1v) is 4.83. The third-order valence-corrected chi connectivity index (χ3v) is 2.29. The van der Waals surface area contributed by atoms with Crippen molar-refractivity contribution in [2.24, 2.45) is 18.7 Å². The Morgan fingerprint density at radius 2 is 2.15 bits per heavy atom. The van der Waals surface area contributed by atoms with E-state index in [1.54, 1.807) is 6.33 Å². The number of hydrogen-bond acceptors (Lipinski definition) is 2. The van der Waals surface area contributed by atoms with E-state index in [0.717, 1.165) is 18.0 Å². The van der Waals surface area contributed by atoms with Crippen LogP contribution in [0.5, 0.6) is 0 Å². The minimum absolute atomic E-state index is 0.134. The van der Waals surface area contributed by atoms with Crippen LogP contribution in [0.15, 0.2) is 12.5 Å². The highest BCUT2D eigenvalue weighted by Crippen LogP contribution is 2.17. The lowest BCUT2D eigenvalue weighted by Gasteiger charge is -2.13. The SMILES string of the molecule is CC(C)CCC(N)c1cncn1C. The minimum Gasteiger partial charge on any atom is -0.336 e. The molecule has 3 nitrogen and oxygen atoms in total. The summed E-state index contributed by atoms with van der Waals surface area (Å²) in [7, 11) is 1.98. The van der Waals surface area contributed by atoms with Crippen molar-refractivity contribution in [1.82, 2.24) is 9.55 Å². The van der Waals surface area contributed by atoms with Crippen LogP contribution in [-0.4, -0.2) is 9.55 Å². The van der Waals surface area contributed by atoms with E-state index in [2.05, 4.69) is 18.8 Å². The van der Waals surface area contributed by atoms with Crippen LogP contribution in [0.2, 0.25) is 0 Å². The van der Waals surface area contributed by atoms with Crippen molar-refractivity contribution in [1.29, 1.82) is 0 Å². The van der Waals surface area contributed by atoms with E-state index >= 15 is 0 Å². The maximum Gasteiger partial charge on any atom is 0.0946 e. The lowest BCUT2D eigenvalue weighted by Crippen LogP contribution is -2.14. The van der Waals surface area contributed by atoms with E-state index in [4.69, 9.17) is 5.73 Å². The monoisotopic (exact) mass is 181 g/mol. The average molecular weight is 181 g/mol. The molecule has 0 saturated heterocycles. The van der Waals surface area contributed by atoms with Gasteiger partial charge in [0.25, 0.3) is 0 Å². The number of rotatable bonds is 4. The predicted molar refractivity (Wildman–Crippen MR) is 54.2 cm³/mol. The molecule has 1 unspecified atom stereocenters. The molecule has 0 spiro atoms. The number of aromatic nitrogens is 2. The van der Waals surface area contributed by atoms with Crippen LogP contribution in [-0.2, 0) is 7.05 Å². The van der Waals surface area contributed by atoms with Crippen LogP contribution >= 0.6 is 0 Å². The average Bonchev–Trinajstić information content (AvgIpc) is 2.47. The summed E-state index contributed by atoms with van der Waals surface area (Å²) in [4.78, 5) is 4.05. The Labute approximate surface area is 80.0 Å². The molecule has 3 heteroatoms. The van der Waals surface area contributed by atoms with Crippen LogP contribution in [0.4, 0.5) is 0 Å². The zero-order valence-electron chi connectivity index (χ0n) is 8.70. The molecule has 1 aromatic heterocycles. The summed E-state index contributed by atoms with van der Waals surface area (Å²) in [6, 6.07) is 0.134. The molecule has 1 atom stereocenters. The van der Waals surface area contributed by atoms with Crippen molar-refractivity contribution in [3.63, 3.8) is 0 Å². The second kappa shape index (κ2) is 4.42. The molecule has 0 fully saturated rings. The summed E-state index contributed by atoms with van der Waals surface area (Å²) in [6.45, 7) is 4.44. The predicted octanol–water partition coefficient (Wildman–Crippen LogP) is 1.86. The normalized spacial score (nSPS) is 13.6. The third kappa shape index (κ3) is 2.84. The molecule has 0 aliphatic carbocycles. The summed E-state index contributed by atoms with van der Waals surface area (Å²) >= 11 is 0. The molecule has 0 bridgehead atoms. The van der Waals surface area contributed by atoms with Crippen molar-refractivity contribution in [3.8, 4) is 0 Å². The quantitative estimate of drug-likeness (QED) is 0.770. The number of nitrogens with two attached hydrogens (primary N) is 1. The first-order chi connectivity index (χ1) is 6.11. The minimum atomic E-state index is 0.134. The Balaban J connectivity index is 2.49. The molecule has 0 aliphatic heterocycles. The molecule has 1 heterocycles. The van der Waals surface area contributed by atoms with Gasteiger partial charge in [0, 0.05) is 19.3 Å². The van der Waals surface area contributed by atoms with Crippen LogP contribution in [0.3, 0.4) is 0 Å². The molecular weight excluding hydrogens is 162 g/mol. The highest BCUT2D eigenvalue weighted by molar-refractivity contribution is 5.03. The summed E-state index contributed by atoms with van der Waals surface area (Å²) in [5.41, 5.74) is 7.15. The lowest BCUT2D eigenvalue weighted by molar-refractivity contribution is 0.494. The van der Waals surface area contributed by atoms with Gasteiger partial charge in [-0.15, -0.1) is 0 Å². The van der Waals surface area contributed by atoms with Crippen molar-refractivity contribution in [3.05, 3.63) is 18.2 Å². The van der Waals surface area contributed by atoms with Gasteiger partial charge in [-0.2, -0.15) is 0 Å². The van der Waals surface area contributed by atoms with Crippen molar-refractivity contribution in [2.45, 2.75) is 32.7 Å². The van der Waals surface area contributed by atoms with Gasteiger partial charge >= 0.3 is 0 Å². The lowest BCUT2D eigenvalue weighted by atomic mass is 10.0. The molecular formula is C10H19N3. The Kier molecular flexibility index (Phi) is 3.48. The Hall–Kier alpha value is -0.830. The van der Waals surface area contributed by atoms with Gasteiger partial charge in [-0.05, 0) is 18.8 Å². The van der Waals surface area contributed by atoms with E-state index in [1.807, 2.05) is 17.8 Å². The van der Waals surface area contributed by atoms with Gasteiger partial charge in [0.1, 0.15) is 0 Å². The highest BCUT2D eigenvalue weighted by Gasteiger charge is 2.09. The Morgan fingerprint density at radius 3 is 2.62 bits per heavy atom. The molecule has 1 aromatic rings. The topological polar surface area (TPSA) is 43.8 Å². The van der Waals surface area contributed by atoms with Gasteiger partial charge in [0.05, 0.1) is 12.0 Å². The van der Waals surface area contributed by atoms with Gasteiger partial charge in [-0.1, -0.05) is 13.8 Å². The van der Waals surface area contributed by atoms with Crippen LogP contribution < -0.4 is 5.73 Å². The first-order valence-electron chi connectivity index (χ1n) is 4.83. The molecule has 1 rings (SSSR count). The molecule has 13 heavy (non-hydrogen) atoms. The smallest absolute Gasteiger partial charge is 0.0946 e. The fourth-order valence-electron chi connectivity index (χ4n) is 1.39. The van der Waals surface area contributed by atoms with E-state index in [-0.39, 0.29) is 6.04 Å². The number of imidazole rings is 1. The van der Waals surface area contributed by atoms with E-state index in [0.29, 0.717) is 0 Å². The number of nitrogens with zero attached hydrogens (tertiary/aromatic N) is 2. The molecule has 0 amide bonds. The summed E-state index contributed by atoms with van der Waals surface area (Å²) in [5.74, 6) is 0.722. The fourth-order valence-corrected chi connectivity index (χ4v) is 1.39. The van der Waals surface area contributed by atoms with Gasteiger partial charge in [-0.3, -0.25) is 0 Å². The number of hydrogen-bond donors (Lipinski definition) is 1. The van der Waals surface area contributed by atoms with Crippen molar-refractivity contribution < 1.29 is 0 Å². The van der Waals surface area contributed by atoms with E-state index in [1.165, 1.54) is 6.42 Å². The summed E-state index contributed by atoms with van der Waals surface area (Å²) in [5, 5.41) is 0. The standard InChI is InChI=1S/C10H19N3/c1-8(2)4-5-9(11)10-6-12-7-13(10)3/h6-9H,4-5,11H2,1-3H3. The molecule has 0 aliphatic rings. The van der Waals surface area contributed by atoms with E-state index in [9.17, 15) is 0 Å². The van der Waals surface area contributed by atoms with Crippen LogP contribution in [0.25, 0.3) is 0 Å². The van der Waals surface area contributed by atoms with Gasteiger partial charge < -0.3 is 10.3 Å². The van der Waals surface area contributed by atoms with Crippen molar-refractivity contribution in [2.75, 3.05) is 0 Å². The van der Waals surface area contributed by atoms with Crippen LogP contribution in [0, 0.1) is 5.92 Å². The van der Waals surface area contributed by atoms with Crippen molar-refractivity contribution >= 4 is 0 Å². The zero-order valence-corrected chi connectivity index (χ0v) is 8.70. The molecule has 0 aromatic carbocycles. The number of aryl methyl sites for hydroxylation is 1. The van der Waals surface area contributed by atoms with Crippen LogP contribution in [0.1, 0.15) is 38.4 Å². The second-order valence-electron chi connectivity index (χ2n) is 4.01. The molecule has 74 valence electrons. The first kappa shape index (κ1) is 10.3. The largest absolute Gasteiger partial charge is 0.336 e. The maximum absolute atomic E-state index is 6.03. The van der Waals surface area contributed by atoms with Gasteiger partial charge in [0.15, 0.2) is 0 Å². The second-order valence-corrected chi connectivity index (χ2v) is 4.01. The summed E-state index contributed by atoms with van der Waals surface area (Å²) < 4.78 is 1.99. The Bertz CT molecular complexity index is 252. The molecule has 0 saturated carbocycles. The highest BCUT2D eigenvalue weighted by atomic mass is 15.0. The third-order valence-electron chi connectivity index (χ3n) is 2.29. The fraction of sp³-hybridized carbons (Fsp3) is 0.700. The van der Waals surface area contributed by atoms with Gasteiger partial charge in [0.2, 0.25) is 0 Å². The maximum atomic E-state index is 6.03. The zero-order chi connectivity index (χ0) is 9.84. The molecule has 0 radical (unpaired) electrons. The molecule has 2 N–H and O–H groups in total. The van der Waals surface area contributed by atoms with Gasteiger partial charge in [-0.25, -0.2) is 4.98 Å².